The molecule has 0 atom stereocenters. The topological polar surface area (TPSA) is 0 Å². The van der Waals surface area contributed by atoms with Crippen LogP contribution in [0.5, 0.6) is 0 Å². The SMILES string of the molecule is C[C-](C)C.[Pd]. The molecule has 0 aromatic carbocycles. The normalized spacial score (nSPS) is 7.20. The van der Waals surface area contributed by atoms with Crippen molar-refractivity contribution in [2.75, 3.05) is 0 Å². The first-order valence-corrected chi connectivity index (χ1v) is 1.50. The first kappa shape index (κ1) is 9.18. The molecule has 5 heavy (non-hydrogen) atoms. The van der Waals surface area contributed by atoms with Crippen LogP contribution in [-0.2, 0) is 20.4 Å². The van der Waals surface area contributed by atoms with Gasteiger partial charge in [-0.05, 0) is 0 Å². The molecule has 0 spiro atoms. The summed E-state index contributed by atoms with van der Waals surface area (Å²) in [5.74, 6) is 1.42. The molecular formula is C4H9Pd-. The molecule has 0 rings (SSSR count). The van der Waals surface area contributed by atoms with Gasteiger partial charge in [0, 0.05) is 20.4 Å². The van der Waals surface area contributed by atoms with Crippen LogP contribution < -0.4 is 0 Å². The molecule has 0 saturated heterocycles. The van der Waals surface area contributed by atoms with Crippen LogP contribution in [0.2, 0.25) is 0 Å². The number of rotatable bonds is 0. The summed E-state index contributed by atoms with van der Waals surface area (Å²) in [5, 5.41) is 0. The minimum absolute atomic E-state index is 0. The maximum atomic E-state index is 2.08. The van der Waals surface area contributed by atoms with E-state index in [0.29, 0.717) is 0 Å². The van der Waals surface area contributed by atoms with Gasteiger partial charge in [0.05, 0.1) is 0 Å². The zero-order valence-corrected chi connectivity index (χ0v) is 5.37. The summed E-state index contributed by atoms with van der Waals surface area (Å²) >= 11 is 0. The van der Waals surface area contributed by atoms with Crippen molar-refractivity contribution in [3.05, 3.63) is 5.92 Å². The zero-order chi connectivity index (χ0) is 3.58. The summed E-state index contributed by atoms with van der Waals surface area (Å²) in [7, 11) is 0. The monoisotopic (exact) mass is 163 g/mol. The molecule has 0 N–H and O–H groups in total. The smallest absolute Gasteiger partial charge is 0 e. The molecule has 0 bridgehead atoms. The predicted molar refractivity (Wildman–Crippen MR) is 20.3 cm³/mol. The molecule has 0 aliphatic carbocycles. The van der Waals surface area contributed by atoms with Crippen molar-refractivity contribution in [1.29, 1.82) is 0 Å². The summed E-state index contributed by atoms with van der Waals surface area (Å²) in [5.41, 5.74) is 0. The Labute approximate surface area is 47.6 Å². The molecule has 0 aliphatic heterocycles. The molecule has 0 aromatic heterocycles. The Balaban J connectivity index is 0. The molecule has 0 fully saturated rings. The van der Waals surface area contributed by atoms with Crippen LogP contribution >= 0.6 is 0 Å². The number of hydrogen-bond acceptors (Lipinski definition) is 0. The van der Waals surface area contributed by atoms with Gasteiger partial charge < -0.3 is 5.92 Å². The average Bonchev–Trinajstić information content (AvgIpc) is 0.811. The largest absolute Gasteiger partial charge is 0.323 e. The van der Waals surface area contributed by atoms with Crippen molar-refractivity contribution in [2.45, 2.75) is 20.8 Å². The summed E-state index contributed by atoms with van der Waals surface area (Å²) in [6.07, 6.45) is 0. The Kier molecular flexibility index (Phi) is 8.56. The van der Waals surface area contributed by atoms with Gasteiger partial charge in [-0.25, -0.2) is 0 Å². The van der Waals surface area contributed by atoms with E-state index >= 15 is 0 Å². The molecule has 0 radical (unpaired) electrons. The second kappa shape index (κ2) is 4.66. The molecule has 1 heteroatoms. The van der Waals surface area contributed by atoms with Gasteiger partial charge >= 0.3 is 0 Å². The van der Waals surface area contributed by atoms with E-state index in [1.807, 2.05) is 0 Å². The predicted octanol–water partition coefficient (Wildman–Crippen LogP) is 1.62. The van der Waals surface area contributed by atoms with Gasteiger partial charge in [-0.2, -0.15) is 20.8 Å². The van der Waals surface area contributed by atoms with Crippen LogP contribution in [0.3, 0.4) is 0 Å². The van der Waals surface area contributed by atoms with Crippen LogP contribution in [0.25, 0.3) is 0 Å². The van der Waals surface area contributed by atoms with Crippen molar-refractivity contribution in [2.24, 2.45) is 0 Å². The fourth-order valence-corrected chi connectivity index (χ4v) is 0. The maximum absolute atomic E-state index is 2.08. The fourth-order valence-electron chi connectivity index (χ4n) is 0. The van der Waals surface area contributed by atoms with Crippen LogP contribution in [0.4, 0.5) is 0 Å². The quantitative estimate of drug-likeness (QED) is 0.376. The van der Waals surface area contributed by atoms with E-state index in [-0.39, 0.29) is 20.4 Å². The van der Waals surface area contributed by atoms with Crippen molar-refractivity contribution in [1.82, 2.24) is 0 Å². The molecule has 0 aliphatic rings. The van der Waals surface area contributed by atoms with Gasteiger partial charge in [-0.3, -0.25) is 0 Å². The van der Waals surface area contributed by atoms with E-state index < -0.39 is 0 Å². The molecule has 0 unspecified atom stereocenters. The van der Waals surface area contributed by atoms with Crippen LogP contribution in [0.15, 0.2) is 0 Å². The fraction of sp³-hybridized carbons (Fsp3) is 0.750. The van der Waals surface area contributed by atoms with Gasteiger partial charge in [-0.15, -0.1) is 0 Å². The minimum atomic E-state index is 0. The molecule has 36 valence electrons. The second-order valence-corrected chi connectivity index (χ2v) is 1.50. The molecule has 0 aromatic rings. The molecule has 0 heterocycles. The second-order valence-electron chi connectivity index (χ2n) is 1.50. The van der Waals surface area contributed by atoms with Crippen LogP contribution in [0, 0.1) is 5.92 Å². The minimum Gasteiger partial charge on any atom is -0.323 e. The van der Waals surface area contributed by atoms with Gasteiger partial charge in [0.15, 0.2) is 0 Å². The Hall–Kier alpha value is 0.662. The van der Waals surface area contributed by atoms with E-state index in [1.54, 1.807) is 0 Å². The Morgan fingerprint density at radius 2 is 1.00 bits per heavy atom. The summed E-state index contributed by atoms with van der Waals surface area (Å²) < 4.78 is 0. The van der Waals surface area contributed by atoms with E-state index in [4.69, 9.17) is 0 Å². The summed E-state index contributed by atoms with van der Waals surface area (Å²) in [6.45, 7) is 6.25. The Bertz CT molecular complexity index is 8.36. The third-order valence-electron chi connectivity index (χ3n) is 0. The van der Waals surface area contributed by atoms with Gasteiger partial charge in [0.2, 0.25) is 0 Å². The van der Waals surface area contributed by atoms with E-state index in [9.17, 15) is 0 Å². The zero-order valence-electron chi connectivity index (χ0n) is 3.82. The molecular weight excluding hydrogens is 154 g/mol. The van der Waals surface area contributed by atoms with Crippen molar-refractivity contribution in [3.63, 3.8) is 0 Å². The Morgan fingerprint density at radius 3 is 1.00 bits per heavy atom. The number of hydrogen-bond donors (Lipinski definition) is 0. The van der Waals surface area contributed by atoms with Gasteiger partial charge in [0.25, 0.3) is 0 Å². The maximum Gasteiger partial charge on any atom is 0 e. The van der Waals surface area contributed by atoms with Crippen molar-refractivity contribution in [3.8, 4) is 0 Å². The average molecular weight is 164 g/mol. The van der Waals surface area contributed by atoms with Crippen molar-refractivity contribution >= 4 is 0 Å². The summed E-state index contributed by atoms with van der Waals surface area (Å²) in [6, 6.07) is 0. The van der Waals surface area contributed by atoms with Crippen LogP contribution in [-0.4, -0.2) is 0 Å². The van der Waals surface area contributed by atoms with Crippen LogP contribution in [0.1, 0.15) is 20.8 Å². The molecule has 0 nitrogen and oxygen atoms in total. The Morgan fingerprint density at radius 1 is 1.00 bits per heavy atom. The molecule has 0 saturated carbocycles. The van der Waals surface area contributed by atoms with E-state index in [0.717, 1.165) is 0 Å². The molecule has 0 amide bonds. The first-order valence-electron chi connectivity index (χ1n) is 1.50. The van der Waals surface area contributed by atoms with E-state index in [1.165, 1.54) is 5.92 Å². The standard InChI is InChI=1S/C4H9.Pd/c1-4(2)3;/h1-3H3;/q-1;. The van der Waals surface area contributed by atoms with Gasteiger partial charge in [-0.1, -0.05) is 0 Å². The van der Waals surface area contributed by atoms with Crippen molar-refractivity contribution < 1.29 is 20.4 Å². The third-order valence-corrected chi connectivity index (χ3v) is 0. The van der Waals surface area contributed by atoms with E-state index in [2.05, 4.69) is 20.8 Å². The summed E-state index contributed by atoms with van der Waals surface area (Å²) in [4.78, 5) is 0. The first-order chi connectivity index (χ1) is 1.73. The third kappa shape index (κ3) is 75.3. The van der Waals surface area contributed by atoms with Gasteiger partial charge in [0.1, 0.15) is 0 Å².